The fourth-order valence-corrected chi connectivity index (χ4v) is 3.70. The number of halogens is 1. The first-order chi connectivity index (χ1) is 10.8. The van der Waals surface area contributed by atoms with Crippen LogP contribution >= 0.6 is 22.6 Å². The summed E-state index contributed by atoms with van der Waals surface area (Å²) >= 11 is 2.15. The lowest BCUT2D eigenvalue weighted by Gasteiger charge is -2.25. The normalized spacial score (nSPS) is 11.1. The van der Waals surface area contributed by atoms with Crippen molar-refractivity contribution in [3.8, 4) is 0 Å². The largest absolute Gasteiger partial charge is 0.347 e. The van der Waals surface area contributed by atoms with Gasteiger partial charge in [-0.15, -0.1) is 0 Å². The zero-order chi connectivity index (χ0) is 17.0. The highest BCUT2D eigenvalue weighted by Crippen LogP contribution is 2.24. The van der Waals surface area contributed by atoms with Gasteiger partial charge < -0.3 is 4.90 Å². The van der Waals surface area contributed by atoms with Crippen LogP contribution in [0.25, 0.3) is 0 Å². The molecule has 0 saturated carbocycles. The molecule has 2 rings (SSSR count). The van der Waals surface area contributed by atoms with E-state index >= 15 is 0 Å². The van der Waals surface area contributed by atoms with Crippen LogP contribution in [0.1, 0.15) is 0 Å². The van der Waals surface area contributed by atoms with Gasteiger partial charge in [0.2, 0.25) is 5.91 Å². The summed E-state index contributed by atoms with van der Waals surface area (Å²) in [5.41, 5.74) is 0.462. The topological polar surface area (TPSA) is 57.7 Å². The van der Waals surface area contributed by atoms with Crippen LogP contribution in [0.5, 0.6) is 0 Å². The van der Waals surface area contributed by atoms with E-state index in [1.807, 2.05) is 12.1 Å². The average Bonchev–Trinajstić information content (AvgIpc) is 2.54. The molecule has 0 spiro atoms. The van der Waals surface area contributed by atoms with Crippen molar-refractivity contribution in [1.82, 2.24) is 4.90 Å². The molecule has 0 radical (unpaired) electrons. The lowest BCUT2D eigenvalue weighted by molar-refractivity contribution is -0.127. The molecule has 0 saturated heterocycles. The number of hydrogen-bond donors (Lipinski definition) is 0. The molecule has 122 valence electrons. The third kappa shape index (κ3) is 4.23. The maximum absolute atomic E-state index is 12.9. The van der Waals surface area contributed by atoms with Crippen molar-refractivity contribution in [2.75, 3.05) is 24.9 Å². The summed E-state index contributed by atoms with van der Waals surface area (Å²) in [5, 5.41) is 0. The number of carbonyl (C=O) groups is 1. The Morgan fingerprint density at radius 3 is 2.09 bits per heavy atom. The summed E-state index contributed by atoms with van der Waals surface area (Å²) in [5.74, 6) is -0.289. The number of sulfonamides is 1. The molecule has 0 aliphatic heterocycles. The van der Waals surface area contributed by atoms with Gasteiger partial charge in [-0.1, -0.05) is 18.2 Å². The lowest BCUT2D eigenvalue weighted by Crippen LogP contribution is -2.40. The number of amides is 1. The molecule has 0 aliphatic carbocycles. The van der Waals surface area contributed by atoms with E-state index in [-0.39, 0.29) is 17.3 Å². The number of hydrogen-bond acceptors (Lipinski definition) is 3. The first-order valence-electron chi connectivity index (χ1n) is 6.86. The number of carbonyl (C=O) groups excluding carboxylic acids is 1. The number of nitrogens with zero attached hydrogens (tertiary/aromatic N) is 2. The van der Waals surface area contributed by atoms with Crippen LogP contribution in [0.3, 0.4) is 0 Å². The van der Waals surface area contributed by atoms with Gasteiger partial charge in [-0.05, 0) is 59.0 Å². The molecule has 2 aromatic carbocycles. The molecular weight excluding hydrogens is 427 g/mol. The van der Waals surface area contributed by atoms with Crippen molar-refractivity contribution >= 4 is 44.2 Å². The SMILES string of the molecule is CN(C)C(=O)CN(c1ccc(I)cc1)S(=O)(=O)c1ccccc1. The summed E-state index contributed by atoms with van der Waals surface area (Å²) in [6.45, 7) is -0.245. The van der Waals surface area contributed by atoms with Crippen LogP contribution in [0.2, 0.25) is 0 Å². The quantitative estimate of drug-likeness (QED) is 0.667. The van der Waals surface area contributed by atoms with E-state index in [1.165, 1.54) is 17.0 Å². The minimum Gasteiger partial charge on any atom is -0.347 e. The number of benzene rings is 2. The Morgan fingerprint density at radius 2 is 1.57 bits per heavy atom. The van der Waals surface area contributed by atoms with E-state index in [9.17, 15) is 13.2 Å². The Kier molecular flexibility index (Phi) is 5.64. The Bertz CT molecular complexity index is 775. The molecular formula is C16H17IN2O3S. The van der Waals surface area contributed by atoms with E-state index < -0.39 is 10.0 Å². The van der Waals surface area contributed by atoms with Gasteiger partial charge in [-0.25, -0.2) is 8.42 Å². The summed E-state index contributed by atoms with van der Waals surface area (Å²) in [6, 6.07) is 15.1. The fraction of sp³-hybridized carbons (Fsp3) is 0.188. The zero-order valence-electron chi connectivity index (χ0n) is 12.8. The third-order valence-electron chi connectivity index (χ3n) is 3.22. The van der Waals surface area contributed by atoms with Crippen molar-refractivity contribution in [3.63, 3.8) is 0 Å². The Hall–Kier alpha value is -1.61. The molecule has 0 fully saturated rings. The first kappa shape index (κ1) is 17.7. The van der Waals surface area contributed by atoms with Gasteiger partial charge in [-0.2, -0.15) is 0 Å². The highest BCUT2D eigenvalue weighted by molar-refractivity contribution is 14.1. The Balaban J connectivity index is 2.49. The van der Waals surface area contributed by atoms with Crippen molar-refractivity contribution in [3.05, 3.63) is 58.2 Å². The standard InChI is InChI=1S/C16H17IN2O3S/c1-18(2)16(20)12-19(14-10-8-13(17)9-11-14)23(21,22)15-6-4-3-5-7-15/h3-11H,12H2,1-2H3. The Labute approximate surface area is 150 Å². The summed E-state index contributed by atoms with van der Waals surface area (Å²) in [4.78, 5) is 13.6. The van der Waals surface area contributed by atoms with Gasteiger partial charge in [0.05, 0.1) is 10.6 Å². The number of likely N-dealkylation sites (N-methyl/N-ethyl adjacent to an activating group) is 1. The van der Waals surface area contributed by atoms with Gasteiger partial charge >= 0.3 is 0 Å². The second-order valence-corrected chi connectivity index (χ2v) is 8.20. The minimum atomic E-state index is -3.81. The van der Waals surface area contributed by atoms with Crippen LogP contribution in [0.4, 0.5) is 5.69 Å². The second kappa shape index (κ2) is 7.31. The maximum Gasteiger partial charge on any atom is 0.264 e. The van der Waals surface area contributed by atoms with Crippen LogP contribution < -0.4 is 4.31 Å². The summed E-state index contributed by atoms with van der Waals surface area (Å²) in [7, 11) is -0.611. The van der Waals surface area contributed by atoms with Crippen LogP contribution in [0.15, 0.2) is 59.5 Å². The fourth-order valence-electron chi connectivity index (χ4n) is 1.91. The van der Waals surface area contributed by atoms with Crippen molar-refractivity contribution in [1.29, 1.82) is 0 Å². The minimum absolute atomic E-state index is 0.158. The molecule has 0 heterocycles. The van der Waals surface area contributed by atoms with E-state index in [4.69, 9.17) is 0 Å². The molecule has 1 amide bonds. The average molecular weight is 444 g/mol. The highest BCUT2D eigenvalue weighted by atomic mass is 127. The van der Waals surface area contributed by atoms with Crippen LogP contribution in [0, 0.1) is 3.57 Å². The molecule has 7 heteroatoms. The van der Waals surface area contributed by atoms with Gasteiger partial charge in [0.15, 0.2) is 0 Å². The highest BCUT2D eigenvalue weighted by Gasteiger charge is 2.27. The van der Waals surface area contributed by atoms with E-state index in [0.717, 1.165) is 7.88 Å². The van der Waals surface area contributed by atoms with Gasteiger partial charge in [-0.3, -0.25) is 9.10 Å². The molecule has 0 aromatic heterocycles. The summed E-state index contributed by atoms with van der Waals surface area (Å²) < 4.78 is 28.0. The Morgan fingerprint density at radius 1 is 1.00 bits per heavy atom. The van der Waals surface area contributed by atoms with Crippen LogP contribution in [-0.2, 0) is 14.8 Å². The van der Waals surface area contributed by atoms with E-state index in [0.29, 0.717) is 5.69 Å². The molecule has 23 heavy (non-hydrogen) atoms. The van der Waals surface area contributed by atoms with Crippen LogP contribution in [-0.4, -0.2) is 39.9 Å². The van der Waals surface area contributed by atoms with Crippen molar-refractivity contribution < 1.29 is 13.2 Å². The maximum atomic E-state index is 12.9. The summed E-state index contributed by atoms with van der Waals surface area (Å²) in [6.07, 6.45) is 0. The molecule has 5 nitrogen and oxygen atoms in total. The van der Waals surface area contributed by atoms with E-state index in [1.54, 1.807) is 44.4 Å². The molecule has 0 aliphatic rings. The van der Waals surface area contributed by atoms with Gasteiger partial charge in [0, 0.05) is 17.7 Å². The van der Waals surface area contributed by atoms with E-state index in [2.05, 4.69) is 22.6 Å². The molecule has 0 bridgehead atoms. The monoisotopic (exact) mass is 444 g/mol. The van der Waals surface area contributed by atoms with Crippen molar-refractivity contribution in [2.24, 2.45) is 0 Å². The van der Waals surface area contributed by atoms with Gasteiger partial charge in [0.25, 0.3) is 10.0 Å². The van der Waals surface area contributed by atoms with Crippen molar-refractivity contribution in [2.45, 2.75) is 4.90 Å². The predicted octanol–water partition coefficient (Wildman–Crippen LogP) is 2.57. The molecule has 0 atom stereocenters. The van der Waals surface area contributed by atoms with Gasteiger partial charge in [0.1, 0.15) is 6.54 Å². The third-order valence-corrected chi connectivity index (χ3v) is 5.73. The zero-order valence-corrected chi connectivity index (χ0v) is 15.8. The molecule has 0 unspecified atom stereocenters. The number of rotatable bonds is 5. The molecule has 0 N–H and O–H groups in total. The molecule has 2 aromatic rings. The first-order valence-corrected chi connectivity index (χ1v) is 9.38. The lowest BCUT2D eigenvalue weighted by atomic mass is 10.3. The smallest absolute Gasteiger partial charge is 0.264 e. The second-order valence-electron chi connectivity index (χ2n) is 5.09. The predicted molar refractivity (Wildman–Crippen MR) is 98.8 cm³/mol. The number of anilines is 1.